The molecule has 1 atom stereocenters. The van der Waals surface area contributed by atoms with Gasteiger partial charge in [0.2, 0.25) is 0 Å². The summed E-state index contributed by atoms with van der Waals surface area (Å²) in [6.07, 6.45) is 1.85. The van der Waals surface area contributed by atoms with E-state index in [1.54, 1.807) is 0 Å². The number of hydrogen-bond acceptors (Lipinski definition) is 0. The van der Waals surface area contributed by atoms with Gasteiger partial charge in [0, 0.05) is 6.92 Å². The minimum absolute atomic E-state index is 0.389. The van der Waals surface area contributed by atoms with Gasteiger partial charge >= 0.3 is 0 Å². The summed E-state index contributed by atoms with van der Waals surface area (Å²) in [7, 11) is 1.92. The third-order valence-corrected chi connectivity index (χ3v) is 1.04. The standard InChI is InChI=1S/C6H12N/c1-5-6(2)7(3)4/h5-6H,1,3H2,2,4H3/q+1. The summed E-state index contributed by atoms with van der Waals surface area (Å²) >= 11 is 0. The molecule has 40 valence electrons. The van der Waals surface area contributed by atoms with Crippen molar-refractivity contribution in [3.05, 3.63) is 12.7 Å². The fourth-order valence-corrected chi connectivity index (χ4v) is 0.180. The molecule has 7 heavy (non-hydrogen) atoms. The molecule has 0 spiro atoms. The summed E-state index contributed by atoms with van der Waals surface area (Å²) in [5, 5.41) is 0. The van der Waals surface area contributed by atoms with Crippen LogP contribution in [0.2, 0.25) is 0 Å². The molecular formula is C6H12N+. The van der Waals surface area contributed by atoms with E-state index < -0.39 is 0 Å². The van der Waals surface area contributed by atoms with Gasteiger partial charge in [-0.2, -0.15) is 0 Å². The highest BCUT2D eigenvalue weighted by Gasteiger charge is 1.97. The Hall–Kier alpha value is -0.590. The molecule has 0 aliphatic rings. The van der Waals surface area contributed by atoms with Gasteiger partial charge in [0.05, 0.1) is 0 Å². The highest BCUT2D eigenvalue weighted by atomic mass is 15.0. The highest BCUT2D eigenvalue weighted by Crippen LogP contribution is 1.82. The molecule has 1 heteroatoms. The lowest BCUT2D eigenvalue weighted by Gasteiger charge is -1.95. The molecule has 0 radical (unpaired) electrons. The van der Waals surface area contributed by atoms with E-state index in [0.717, 1.165) is 0 Å². The van der Waals surface area contributed by atoms with E-state index in [9.17, 15) is 0 Å². The zero-order valence-electron chi connectivity index (χ0n) is 5.02. The van der Waals surface area contributed by atoms with Crippen LogP contribution in [0.4, 0.5) is 0 Å². The first-order valence-corrected chi connectivity index (χ1v) is 2.34. The monoisotopic (exact) mass is 98.1 g/mol. The summed E-state index contributed by atoms with van der Waals surface area (Å²) in [5.41, 5.74) is 0. The van der Waals surface area contributed by atoms with E-state index in [1.807, 2.05) is 24.6 Å². The minimum Gasteiger partial charge on any atom is -0.239 e. The van der Waals surface area contributed by atoms with Crippen molar-refractivity contribution >= 4 is 6.72 Å². The van der Waals surface area contributed by atoms with Crippen molar-refractivity contribution in [2.75, 3.05) is 7.05 Å². The lowest BCUT2D eigenvalue weighted by Crippen LogP contribution is -2.13. The average molecular weight is 98.2 g/mol. The normalized spacial score (nSPS) is 12.9. The predicted octanol–water partition coefficient (Wildman–Crippen LogP) is 0.904. The molecule has 1 unspecified atom stereocenters. The Morgan fingerprint density at radius 2 is 2.14 bits per heavy atom. The molecule has 0 aromatic carbocycles. The van der Waals surface area contributed by atoms with Gasteiger partial charge in [-0.3, -0.25) is 0 Å². The molecule has 0 saturated carbocycles. The third kappa shape index (κ3) is 2.15. The highest BCUT2D eigenvalue weighted by molar-refractivity contribution is 5.14. The van der Waals surface area contributed by atoms with Crippen LogP contribution in [0, 0.1) is 0 Å². The molecule has 0 heterocycles. The molecule has 0 N–H and O–H groups in total. The van der Waals surface area contributed by atoms with Gasteiger partial charge < -0.3 is 0 Å². The summed E-state index contributed by atoms with van der Waals surface area (Å²) in [6, 6.07) is 0.389. The van der Waals surface area contributed by atoms with Crippen LogP contribution in [-0.4, -0.2) is 24.4 Å². The van der Waals surface area contributed by atoms with Gasteiger partial charge in [-0.05, 0) is 6.08 Å². The second-order valence-corrected chi connectivity index (χ2v) is 1.73. The number of nitrogens with zero attached hydrogens (tertiary/aromatic N) is 1. The van der Waals surface area contributed by atoms with E-state index in [2.05, 4.69) is 13.3 Å². The Kier molecular flexibility index (Phi) is 2.34. The first kappa shape index (κ1) is 6.41. The van der Waals surface area contributed by atoms with Crippen LogP contribution in [0.25, 0.3) is 0 Å². The predicted molar refractivity (Wildman–Crippen MR) is 33.0 cm³/mol. The SMILES string of the molecule is C=CC(C)[N+](=C)C. The Bertz CT molecular complexity index is 84.2. The maximum absolute atomic E-state index is 3.67. The molecule has 0 aliphatic carbocycles. The van der Waals surface area contributed by atoms with Gasteiger partial charge in [-0.25, -0.2) is 4.58 Å². The molecule has 0 rings (SSSR count). The molecule has 0 fully saturated rings. The topological polar surface area (TPSA) is 3.01 Å². The Morgan fingerprint density at radius 3 is 2.14 bits per heavy atom. The zero-order chi connectivity index (χ0) is 5.86. The quantitative estimate of drug-likeness (QED) is 0.274. The second kappa shape index (κ2) is 2.56. The van der Waals surface area contributed by atoms with E-state index in [1.165, 1.54) is 0 Å². The van der Waals surface area contributed by atoms with Crippen LogP contribution < -0.4 is 0 Å². The minimum atomic E-state index is 0.389. The van der Waals surface area contributed by atoms with Crippen LogP contribution in [0.15, 0.2) is 12.7 Å². The largest absolute Gasteiger partial charge is 0.239 e. The lowest BCUT2D eigenvalue weighted by molar-refractivity contribution is -0.512. The van der Waals surface area contributed by atoms with Crippen molar-refractivity contribution in [1.82, 2.24) is 0 Å². The van der Waals surface area contributed by atoms with E-state index in [-0.39, 0.29) is 0 Å². The molecule has 1 nitrogen and oxygen atoms in total. The smallest absolute Gasteiger partial charge is 0.167 e. The van der Waals surface area contributed by atoms with E-state index >= 15 is 0 Å². The van der Waals surface area contributed by atoms with Crippen LogP contribution in [0.3, 0.4) is 0 Å². The van der Waals surface area contributed by atoms with Crippen LogP contribution in [0.5, 0.6) is 0 Å². The lowest BCUT2D eigenvalue weighted by atomic mass is 10.3. The van der Waals surface area contributed by atoms with Gasteiger partial charge in [-0.15, -0.1) is 0 Å². The number of rotatable bonds is 2. The van der Waals surface area contributed by atoms with Gasteiger partial charge in [0.25, 0.3) is 0 Å². The van der Waals surface area contributed by atoms with Gasteiger partial charge in [0.15, 0.2) is 6.04 Å². The first-order valence-electron chi connectivity index (χ1n) is 2.34. The summed E-state index contributed by atoms with van der Waals surface area (Å²) in [4.78, 5) is 0. The fraction of sp³-hybridized carbons (Fsp3) is 0.500. The third-order valence-electron chi connectivity index (χ3n) is 1.04. The summed E-state index contributed by atoms with van der Waals surface area (Å²) < 4.78 is 1.85. The van der Waals surface area contributed by atoms with Crippen molar-refractivity contribution in [3.8, 4) is 0 Å². The Morgan fingerprint density at radius 1 is 1.71 bits per heavy atom. The zero-order valence-corrected chi connectivity index (χ0v) is 5.02. The van der Waals surface area contributed by atoms with Crippen LogP contribution in [0.1, 0.15) is 6.92 Å². The molecule has 0 aliphatic heterocycles. The van der Waals surface area contributed by atoms with Crippen LogP contribution >= 0.6 is 0 Å². The number of hydrogen-bond donors (Lipinski definition) is 0. The van der Waals surface area contributed by atoms with Crippen molar-refractivity contribution in [1.29, 1.82) is 0 Å². The van der Waals surface area contributed by atoms with Crippen molar-refractivity contribution < 1.29 is 4.58 Å². The molecule has 0 amide bonds. The number of likely N-dealkylation sites (N-methyl/N-ethyl adjacent to an activating group) is 1. The maximum atomic E-state index is 3.67. The van der Waals surface area contributed by atoms with E-state index in [4.69, 9.17) is 0 Å². The molecule has 0 aromatic rings. The molecular weight excluding hydrogens is 86.1 g/mol. The van der Waals surface area contributed by atoms with Crippen molar-refractivity contribution in [2.45, 2.75) is 13.0 Å². The first-order chi connectivity index (χ1) is 3.18. The summed E-state index contributed by atoms with van der Waals surface area (Å²) in [6.45, 7) is 9.31. The van der Waals surface area contributed by atoms with Gasteiger partial charge in [0.1, 0.15) is 13.8 Å². The fourth-order valence-electron chi connectivity index (χ4n) is 0.180. The second-order valence-electron chi connectivity index (χ2n) is 1.73. The maximum Gasteiger partial charge on any atom is 0.167 e. The summed E-state index contributed by atoms with van der Waals surface area (Å²) in [5.74, 6) is 0. The average Bonchev–Trinajstić information content (AvgIpc) is 1.65. The van der Waals surface area contributed by atoms with Gasteiger partial charge in [-0.1, -0.05) is 6.58 Å². The van der Waals surface area contributed by atoms with E-state index in [0.29, 0.717) is 6.04 Å². The molecule has 0 aromatic heterocycles. The molecule has 0 bridgehead atoms. The van der Waals surface area contributed by atoms with Crippen molar-refractivity contribution in [3.63, 3.8) is 0 Å². The Balaban J connectivity index is 3.55. The van der Waals surface area contributed by atoms with Crippen LogP contribution in [-0.2, 0) is 0 Å². The van der Waals surface area contributed by atoms with Crippen molar-refractivity contribution in [2.24, 2.45) is 0 Å². The Labute approximate surface area is 45.0 Å². The molecule has 0 saturated heterocycles.